The van der Waals surface area contributed by atoms with Gasteiger partial charge in [0.1, 0.15) is 10.6 Å². The van der Waals surface area contributed by atoms with Gasteiger partial charge in [-0.3, -0.25) is 0 Å². The van der Waals surface area contributed by atoms with Crippen molar-refractivity contribution in [3.8, 4) is 5.75 Å². The number of hydrogen-bond acceptors (Lipinski definition) is 4. The highest BCUT2D eigenvalue weighted by Gasteiger charge is 2.35. The lowest BCUT2D eigenvalue weighted by molar-refractivity contribution is -0.0358. The smallest absolute Gasteiger partial charge is 0.304 e. The molecule has 1 heterocycles. The summed E-state index contributed by atoms with van der Waals surface area (Å²) < 4.78 is 35.4. The maximum Gasteiger partial charge on any atom is 0.304 e. The standard InChI is InChI=1S/C14H14O4S/c1-9(2)14-17-12-8-7-10-5-3-4-6-11(10)13(12)19(15,16)18-14/h3-9,14H,1-2H3. The van der Waals surface area contributed by atoms with Crippen LogP contribution in [0.1, 0.15) is 13.8 Å². The minimum absolute atomic E-state index is 0.0469. The van der Waals surface area contributed by atoms with E-state index in [9.17, 15) is 8.42 Å². The van der Waals surface area contributed by atoms with E-state index in [4.69, 9.17) is 8.92 Å². The monoisotopic (exact) mass is 278 g/mol. The van der Waals surface area contributed by atoms with Gasteiger partial charge in [-0.2, -0.15) is 8.42 Å². The van der Waals surface area contributed by atoms with Gasteiger partial charge in [0.2, 0.25) is 6.29 Å². The Labute approximate surface area is 112 Å². The molecular weight excluding hydrogens is 264 g/mol. The third-order valence-corrected chi connectivity index (χ3v) is 4.47. The van der Waals surface area contributed by atoms with Crippen LogP contribution >= 0.6 is 0 Å². The third kappa shape index (κ3) is 1.99. The molecule has 0 bridgehead atoms. The lowest BCUT2D eigenvalue weighted by Gasteiger charge is -2.28. The van der Waals surface area contributed by atoms with Crippen LogP contribution in [-0.4, -0.2) is 14.7 Å². The van der Waals surface area contributed by atoms with Crippen molar-refractivity contribution in [2.45, 2.75) is 25.0 Å². The van der Waals surface area contributed by atoms with E-state index in [1.807, 2.05) is 32.0 Å². The molecule has 2 aromatic carbocycles. The van der Waals surface area contributed by atoms with Crippen molar-refractivity contribution < 1.29 is 17.3 Å². The Morgan fingerprint density at radius 2 is 1.84 bits per heavy atom. The van der Waals surface area contributed by atoms with Crippen LogP contribution in [0.25, 0.3) is 10.8 Å². The van der Waals surface area contributed by atoms with Crippen LogP contribution < -0.4 is 4.74 Å². The quantitative estimate of drug-likeness (QED) is 0.753. The van der Waals surface area contributed by atoms with E-state index in [0.29, 0.717) is 11.1 Å². The van der Waals surface area contributed by atoms with E-state index in [1.165, 1.54) is 0 Å². The fourth-order valence-electron chi connectivity index (χ4n) is 2.14. The molecule has 100 valence electrons. The summed E-state index contributed by atoms with van der Waals surface area (Å²) in [6, 6.07) is 10.8. The van der Waals surface area contributed by atoms with Crippen LogP contribution in [-0.2, 0) is 14.3 Å². The summed E-state index contributed by atoms with van der Waals surface area (Å²) in [5.74, 6) is 0.318. The molecular formula is C14H14O4S. The Morgan fingerprint density at radius 3 is 2.58 bits per heavy atom. The number of rotatable bonds is 1. The number of ether oxygens (including phenoxy) is 1. The minimum Gasteiger partial charge on any atom is -0.462 e. The number of fused-ring (bicyclic) bond motifs is 3. The highest BCUT2D eigenvalue weighted by atomic mass is 32.2. The summed E-state index contributed by atoms with van der Waals surface area (Å²) in [7, 11) is -3.79. The maximum atomic E-state index is 12.3. The van der Waals surface area contributed by atoms with Gasteiger partial charge in [0.25, 0.3) is 0 Å². The molecule has 0 spiro atoms. The van der Waals surface area contributed by atoms with Crippen LogP contribution in [0.4, 0.5) is 0 Å². The predicted molar refractivity (Wildman–Crippen MR) is 71.5 cm³/mol. The average Bonchev–Trinajstić information content (AvgIpc) is 2.36. The molecule has 19 heavy (non-hydrogen) atoms. The van der Waals surface area contributed by atoms with E-state index in [2.05, 4.69) is 0 Å². The number of hydrogen-bond donors (Lipinski definition) is 0. The van der Waals surface area contributed by atoms with Crippen molar-refractivity contribution in [1.29, 1.82) is 0 Å². The van der Waals surface area contributed by atoms with Gasteiger partial charge in [0.15, 0.2) is 0 Å². The predicted octanol–water partition coefficient (Wildman–Crippen LogP) is 2.92. The van der Waals surface area contributed by atoms with Gasteiger partial charge in [0, 0.05) is 11.3 Å². The van der Waals surface area contributed by atoms with Gasteiger partial charge in [-0.1, -0.05) is 44.2 Å². The van der Waals surface area contributed by atoms with E-state index in [0.717, 1.165) is 5.39 Å². The molecule has 0 saturated heterocycles. The second kappa shape index (κ2) is 4.21. The Balaban J connectivity index is 2.29. The zero-order valence-electron chi connectivity index (χ0n) is 10.7. The highest BCUT2D eigenvalue weighted by molar-refractivity contribution is 7.87. The molecule has 0 saturated carbocycles. The first-order chi connectivity index (χ1) is 8.99. The van der Waals surface area contributed by atoms with Crippen LogP contribution in [0.2, 0.25) is 0 Å². The molecule has 4 nitrogen and oxygen atoms in total. The van der Waals surface area contributed by atoms with E-state index in [1.54, 1.807) is 18.2 Å². The second-order valence-corrected chi connectivity index (χ2v) is 6.40. The van der Waals surface area contributed by atoms with E-state index in [-0.39, 0.29) is 10.8 Å². The van der Waals surface area contributed by atoms with E-state index >= 15 is 0 Å². The van der Waals surface area contributed by atoms with E-state index < -0.39 is 16.4 Å². The zero-order valence-corrected chi connectivity index (χ0v) is 11.5. The Hall–Kier alpha value is -1.59. The molecule has 1 unspecified atom stereocenters. The van der Waals surface area contributed by atoms with Crippen molar-refractivity contribution in [3.63, 3.8) is 0 Å². The van der Waals surface area contributed by atoms with Gasteiger partial charge in [-0.25, -0.2) is 4.18 Å². The molecule has 0 amide bonds. The molecule has 0 fully saturated rings. The van der Waals surface area contributed by atoms with Crippen LogP contribution in [0.15, 0.2) is 41.3 Å². The fourth-order valence-corrected chi connectivity index (χ4v) is 3.56. The van der Waals surface area contributed by atoms with Crippen molar-refractivity contribution in [1.82, 2.24) is 0 Å². The first-order valence-electron chi connectivity index (χ1n) is 6.11. The Morgan fingerprint density at radius 1 is 1.11 bits per heavy atom. The largest absolute Gasteiger partial charge is 0.462 e. The Bertz CT molecular complexity index is 734. The topological polar surface area (TPSA) is 52.6 Å². The molecule has 1 aliphatic heterocycles. The van der Waals surface area contributed by atoms with Crippen LogP contribution in [0.5, 0.6) is 5.75 Å². The lowest BCUT2D eigenvalue weighted by atomic mass is 10.1. The lowest BCUT2D eigenvalue weighted by Crippen LogP contribution is -2.34. The molecule has 0 aromatic heterocycles. The molecule has 0 N–H and O–H groups in total. The van der Waals surface area contributed by atoms with Gasteiger partial charge < -0.3 is 4.74 Å². The second-order valence-electron chi connectivity index (χ2n) is 4.89. The van der Waals surface area contributed by atoms with Crippen LogP contribution in [0, 0.1) is 5.92 Å². The van der Waals surface area contributed by atoms with Crippen molar-refractivity contribution in [3.05, 3.63) is 36.4 Å². The summed E-state index contributed by atoms with van der Waals surface area (Å²) in [6.07, 6.45) is -0.765. The van der Waals surface area contributed by atoms with Crippen molar-refractivity contribution in [2.75, 3.05) is 0 Å². The van der Waals surface area contributed by atoms with Crippen LogP contribution in [0.3, 0.4) is 0 Å². The maximum absolute atomic E-state index is 12.3. The van der Waals surface area contributed by atoms with Crippen molar-refractivity contribution >= 4 is 20.9 Å². The summed E-state index contributed by atoms with van der Waals surface area (Å²) in [6.45, 7) is 3.71. The first kappa shape index (κ1) is 12.4. The van der Waals surface area contributed by atoms with Gasteiger partial charge in [-0.15, -0.1) is 0 Å². The zero-order chi connectivity index (χ0) is 13.6. The molecule has 1 aliphatic rings. The molecule has 5 heteroatoms. The first-order valence-corrected chi connectivity index (χ1v) is 7.51. The summed E-state index contributed by atoms with van der Waals surface area (Å²) >= 11 is 0. The SMILES string of the molecule is CC(C)C1Oc2ccc3ccccc3c2S(=O)(=O)O1. The molecule has 0 aliphatic carbocycles. The fraction of sp³-hybridized carbons (Fsp3) is 0.286. The van der Waals surface area contributed by atoms with Crippen molar-refractivity contribution in [2.24, 2.45) is 5.92 Å². The van der Waals surface area contributed by atoms with Gasteiger partial charge >= 0.3 is 10.1 Å². The minimum atomic E-state index is -3.79. The molecule has 3 rings (SSSR count). The third-order valence-electron chi connectivity index (χ3n) is 3.10. The number of benzene rings is 2. The molecule has 2 aromatic rings. The molecule has 1 atom stereocenters. The summed E-state index contributed by atoms with van der Waals surface area (Å²) in [4.78, 5) is 0.127. The normalized spacial score (nSPS) is 21.1. The summed E-state index contributed by atoms with van der Waals surface area (Å²) in [5.41, 5.74) is 0. The summed E-state index contributed by atoms with van der Waals surface area (Å²) in [5, 5.41) is 1.47. The molecule has 0 radical (unpaired) electrons. The van der Waals surface area contributed by atoms with Gasteiger partial charge in [0.05, 0.1) is 0 Å². The van der Waals surface area contributed by atoms with Gasteiger partial charge in [-0.05, 0) is 11.5 Å². The Kier molecular flexibility index (Phi) is 2.76. The average molecular weight is 278 g/mol. The highest BCUT2D eigenvalue weighted by Crippen LogP contribution is 2.38.